The SMILES string of the molecule is Cn1c(SCCN)nnc1-c1cccc(Cl)c1. The summed E-state index contributed by atoms with van der Waals surface area (Å²) >= 11 is 7.56. The van der Waals surface area contributed by atoms with E-state index in [1.165, 1.54) is 0 Å². The van der Waals surface area contributed by atoms with Crippen LogP contribution in [0.1, 0.15) is 0 Å². The second-order valence-corrected chi connectivity index (χ2v) is 5.01. The molecule has 1 aromatic heterocycles. The highest BCUT2D eigenvalue weighted by Crippen LogP contribution is 2.24. The number of rotatable bonds is 4. The van der Waals surface area contributed by atoms with E-state index < -0.39 is 0 Å². The van der Waals surface area contributed by atoms with Gasteiger partial charge in [0.15, 0.2) is 11.0 Å². The lowest BCUT2D eigenvalue weighted by atomic mass is 10.2. The summed E-state index contributed by atoms with van der Waals surface area (Å²) < 4.78 is 1.95. The molecule has 0 atom stereocenters. The van der Waals surface area contributed by atoms with Crippen LogP contribution in [0.3, 0.4) is 0 Å². The number of nitrogens with two attached hydrogens (primary N) is 1. The average Bonchev–Trinajstić information content (AvgIpc) is 2.68. The Morgan fingerprint density at radius 3 is 2.94 bits per heavy atom. The van der Waals surface area contributed by atoms with Crippen molar-refractivity contribution in [3.8, 4) is 11.4 Å². The number of hydrogen-bond acceptors (Lipinski definition) is 4. The molecule has 2 aromatic rings. The number of thioether (sulfide) groups is 1. The quantitative estimate of drug-likeness (QED) is 0.864. The van der Waals surface area contributed by atoms with Crippen molar-refractivity contribution < 1.29 is 0 Å². The van der Waals surface area contributed by atoms with Gasteiger partial charge in [-0.2, -0.15) is 0 Å². The Balaban J connectivity index is 2.30. The highest BCUT2D eigenvalue weighted by Gasteiger charge is 2.10. The Kier molecular flexibility index (Phi) is 4.04. The molecule has 6 heteroatoms. The molecule has 0 unspecified atom stereocenters. The summed E-state index contributed by atoms with van der Waals surface area (Å²) in [4.78, 5) is 0. The fourth-order valence-electron chi connectivity index (χ4n) is 1.47. The predicted octanol–water partition coefficient (Wildman–Crippen LogP) is 2.19. The maximum atomic E-state index is 5.96. The van der Waals surface area contributed by atoms with Crippen LogP contribution in [0.25, 0.3) is 11.4 Å². The number of benzene rings is 1. The lowest BCUT2D eigenvalue weighted by Gasteiger charge is -2.03. The highest BCUT2D eigenvalue weighted by atomic mass is 35.5. The molecule has 2 N–H and O–H groups in total. The number of halogens is 1. The summed E-state index contributed by atoms with van der Waals surface area (Å²) in [5, 5.41) is 9.87. The lowest BCUT2D eigenvalue weighted by Crippen LogP contribution is -2.03. The van der Waals surface area contributed by atoms with Gasteiger partial charge in [-0.25, -0.2) is 0 Å². The molecule has 0 aliphatic rings. The summed E-state index contributed by atoms with van der Waals surface area (Å²) in [6.07, 6.45) is 0. The topological polar surface area (TPSA) is 56.7 Å². The normalized spacial score (nSPS) is 10.8. The third-order valence-electron chi connectivity index (χ3n) is 2.27. The van der Waals surface area contributed by atoms with Crippen LogP contribution in [0.15, 0.2) is 29.4 Å². The zero-order chi connectivity index (χ0) is 12.3. The van der Waals surface area contributed by atoms with E-state index in [0.29, 0.717) is 11.6 Å². The van der Waals surface area contributed by atoms with Gasteiger partial charge in [0, 0.05) is 29.9 Å². The minimum absolute atomic E-state index is 0.629. The zero-order valence-corrected chi connectivity index (χ0v) is 11.0. The van der Waals surface area contributed by atoms with Crippen LogP contribution < -0.4 is 5.73 Å². The standard InChI is InChI=1S/C11H13ClN4S/c1-16-10(8-3-2-4-9(12)7-8)14-15-11(16)17-6-5-13/h2-4,7H,5-6,13H2,1H3. The minimum atomic E-state index is 0.629. The van der Waals surface area contributed by atoms with Gasteiger partial charge in [-0.05, 0) is 12.1 Å². The van der Waals surface area contributed by atoms with Crippen LogP contribution >= 0.6 is 23.4 Å². The molecule has 1 heterocycles. The van der Waals surface area contributed by atoms with Crippen molar-refractivity contribution in [1.82, 2.24) is 14.8 Å². The van der Waals surface area contributed by atoms with Crippen molar-refractivity contribution >= 4 is 23.4 Å². The molecular weight excluding hydrogens is 256 g/mol. The van der Waals surface area contributed by atoms with Crippen molar-refractivity contribution in [2.75, 3.05) is 12.3 Å². The first-order chi connectivity index (χ1) is 8.22. The van der Waals surface area contributed by atoms with Gasteiger partial charge in [0.05, 0.1) is 0 Å². The molecule has 0 saturated heterocycles. The highest BCUT2D eigenvalue weighted by molar-refractivity contribution is 7.99. The van der Waals surface area contributed by atoms with E-state index in [9.17, 15) is 0 Å². The van der Waals surface area contributed by atoms with E-state index in [4.69, 9.17) is 17.3 Å². The molecule has 90 valence electrons. The molecule has 0 saturated carbocycles. The van der Waals surface area contributed by atoms with Gasteiger partial charge < -0.3 is 10.3 Å². The predicted molar refractivity (Wildman–Crippen MR) is 71.2 cm³/mol. The number of aromatic nitrogens is 3. The van der Waals surface area contributed by atoms with Crippen LogP contribution in [0, 0.1) is 0 Å². The molecule has 2 rings (SSSR count). The third kappa shape index (κ3) is 2.80. The van der Waals surface area contributed by atoms with Crippen LogP contribution in [0.4, 0.5) is 0 Å². The van der Waals surface area contributed by atoms with E-state index in [1.54, 1.807) is 11.8 Å². The van der Waals surface area contributed by atoms with Gasteiger partial charge in [0.25, 0.3) is 0 Å². The molecule has 0 radical (unpaired) electrons. The van der Waals surface area contributed by atoms with Gasteiger partial charge in [-0.3, -0.25) is 0 Å². The molecule has 0 aliphatic heterocycles. The first-order valence-corrected chi connectivity index (χ1v) is 6.57. The zero-order valence-electron chi connectivity index (χ0n) is 9.43. The van der Waals surface area contributed by atoms with Crippen molar-refractivity contribution in [1.29, 1.82) is 0 Å². The molecular formula is C11H13ClN4S. The monoisotopic (exact) mass is 268 g/mol. The van der Waals surface area contributed by atoms with Gasteiger partial charge in [-0.1, -0.05) is 35.5 Å². The molecule has 17 heavy (non-hydrogen) atoms. The van der Waals surface area contributed by atoms with E-state index >= 15 is 0 Å². The molecule has 1 aromatic carbocycles. The fraction of sp³-hybridized carbons (Fsp3) is 0.273. The van der Waals surface area contributed by atoms with Gasteiger partial charge in [0.2, 0.25) is 0 Å². The van der Waals surface area contributed by atoms with Crippen molar-refractivity contribution in [3.05, 3.63) is 29.3 Å². The summed E-state index contributed by atoms with van der Waals surface area (Å²) in [5.74, 6) is 1.65. The van der Waals surface area contributed by atoms with E-state index in [1.807, 2.05) is 35.9 Å². The lowest BCUT2D eigenvalue weighted by molar-refractivity contribution is 0.793. The van der Waals surface area contributed by atoms with Crippen molar-refractivity contribution in [3.63, 3.8) is 0 Å². The second kappa shape index (κ2) is 5.53. The van der Waals surface area contributed by atoms with Crippen LogP contribution in [0.5, 0.6) is 0 Å². The average molecular weight is 269 g/mol. The Hall–Kier alpha value is -1.04. The van der Waals surface area contributed by atoms with Crippen LogP contribution in [-0.4, -0.2) is 27.1 Å². The Labute approximate surface area is 109 Å². The first kappa shape index (κ1) is 12.4. The summed E-state index contributed by atoms with van der Waals surface area (Å²) in [6.45, 7) is 0.629. The number of nitrogens with zero attached hydrogens (tertiary/aromatic N) is 3. The van der Waals surface area contributed by atoms with Gasteiger partial charge in [0.1, 0.15) is 0 Å². The van der Waals surface area contributed by atoms with E-state index in [0.717, 1.165) is 22.3 Å². The molecule has 0 fully saturated rings. The minimum Gasteiger partial charge on any atom is -0.330 e. The smallest absolute Gasteiger partial charge is 0.191 e. The Morgan fingerprint density at radius 1 is 1.41 bits per heavy atom. The van der Waals surface area contributed by atoms with E-state index in [2.05, 4.69) is 10.2 Å². The molecule has 0 aliphatic carbocycles. The van der Waals surface area contributed by atoms with Crippen molar-refractivity contribution in [2.24, 2.45) is 12.8 Å². The summed E-state index contributed by atoms with van der Waals surface area (Å²) in [6, 6.07) is 7.58. The molecule has 0 bridgehead atoms. The van der Waals surface area contributed by atoms with Crippen molar-refractivity contribution in [2.45, 2.75) is 5.16 Å². The molecule has 0 spiro atoms. The van der Waals surface area contributed by atoms with Gasteiger partial charge in [-0.15, -0.1) is 10.2 Å². The van der Waals surface area contributed by atoms with Crippen LogP contribution in [0.2, 0.25) is 5.02 Å². The second-order valence-electron chi connectivity index (χ2n) is 3.51. The third-order valence-corrected chi connectivity index (χ3v) is 3.56. The summed E-state index contributed by atoms with van der Waals surface area (Å²) in [5.41, 5.74) is 6.43. The van der Waals surface area contributed by atoms with E-state index in [-0.39, 0.29) is 0 Å². The van der Waals surface area contributed by atoms with Crippen LogP contribution in [-0.2, 0) is 7.05 Å². The largest absolute Gasteiger partial charge is 0.330 e. The maximum absolute atomic E-state index is 5.96. The Morgan fingerprint density at radius 2 is 2.24 bits per heavy atom. The Bertz CT molecular complexity index is 512. The molecule has 4 nitrogen and oxygen atoms in total. The molecule has 0 amide bonds. The summed E-state index contributed by atoms with van der Waals surface area (Å²) in [7, 11) is 1.94. The maximum Gasteiger partial charge on any atom is 0.191 e. The fourth-order valence-corrected chi connectivity index (χ4v) is 2.34. The first-order valence-electron chi connectivity index (χ1n) is 5.20. The number of hydrogen-bond donors (Lipinski definition) is 1. The van der Waals surface area contributed by atoms with Gasteiger partial charge >= 0.3 is 0 Å².